The van der Waals surface area contributed by atoms with Gasteiger partial charge in [0, 0.05) is 13.1 Å². The van der Waals surface area contributed by atoms with Gasteiger partial charge >= 0.3 is 0 Å². The van der Waals surface area contributed by atoms with Crippen molar-refractivity contribution in [1.29, 1.82) is 0 Å². The smallest absolute Gasteiger partial charge is 0.284 e. The molecule has 1 aromatic heterocycles. The van der Waals surface area contributed by atoms with Gasteiger partial charge in [-0.3, -0.25) is 4.79 Å². The molecule has 0 bridgehead atoms. The van der Waals surface area contributed by atoms with Crippen LogP contribution in [0.3, 0.4) is 0 Å². The summed E-state index contributed by atoms with van der Waals surface area (Å²) in [5.41, 5.74) is 0. The second-order valence-electron chi connectivity index (χ2n) is 3.34. The molecule has 6 heteroatoms. The molecule has 1 fully saturated rings. The molecule has 0 radical (unpaired) electrons. The van der Waals surface area contributed by atoms with Crippen molar-refractivity contribution in [3.63, 3.8) is 0 Å². The zero-order valence-electron chi connectivity index (χ0n) is 7.80. The highest BCUT2D eigenvalue weighted by atomic mass is 32.1. The summed E-state index contributed by atoms with van der Waals surface area (Å²) in [5.74, 6) is 0.505. The Hall–Kier alpha value is -1.01. The molecule has 5 nitrogen and oxygen atoms in total. The number of aromatic nitrogens is 2. The van der Waals surface area contributed by atoms with Gasteiger partial charge in [0.25, 0.3) is 5.91 Å². The Labute approximate surface area is 85.6 Å². The Balaban J connectivity index is 2.09. The minimum absolute atomic E-state index is 0.118. The van der Waals surface area contributed by atoms with Crippen LogP contribution in [0.4, 0.5) is 0 Å². The van der Waals surface area contributed by atoms with E-state index < -0.39 is 0 Å². The van der Waals surface area contributed by atoms with Gasteiger partial charge in [0.15, 0.2) is 0 Å². The van der Waals surface area contributed by atoms with Crippen LogP contribution in [0.1, 0.15) is 22.0 Å². The van der Waals surface area contributed by atoms with E-state index in [1.54, 1.807) is 11.8 Å². The fourth-order valence-corrected chi connectivity index (χ4v) is 2.09. The summed E-state index contributed by atoms with van der Waals surface area (Å²) < 4.78 is 3.95. The number of amides is 1. The van der Waals surface area contributed by atoms with Crippen molar-refractivity contribution in [2.24, 2.45) is 0 Å². The molecule has 2 heterocycles. The second kappa shape index (κ2) is 3.62. The number of hydrogen-bond donors (Lipinski definition) is 1. The van der Waals surface area contributed by atoms with Crippen LogP contribution >= 0.6 is 11.5 Å². The Morgan fingerprint density at radius 3 is 3.00 bits per heavy atom. The van der Waals surface area contributed by atoms with Crippen LogP contribution in [0.5, 0.6) is 0 Å². The molecular weight excluding hydrogens is 202 g/mol. The second-order valence-corrected chi connectivity index (χ2v) is 4.09. The van der Waals surface area contributed by atoms with Gasteiger partial charge in [0.05, 0.1) is 6.10 Å². The Morgan fingerprint density at radius 1 is 1.71 bits per heavy atom. The molecule has 14 heavy (non-hydrogen) atoms. The number of hydrogen-bond acceptors (Lipinski definition) is 5. The number of β-amino-alcohol motifs (C(OH)–C–C–N with tert-alkyl or cyclic N) is 1. The molecule has 1 aliphatic rings. The molecule has 1 N–H and O–H groups in total. The normalized spacial score (nSPS) is 21.6. The van der Waals surface area contributed by atoms with E-state index in [9.17, 15) is 9.90 Å². The van der Waals surface area contributed by atoms with E-state index in [2.05, 4.69) is 9.36 Å². The quantitative estimate of drug-likeness (QED) is 0.716. The summed E-state index contributed by atoms with van der Waals surface area (Å²) in [6, 6.07) is 0. The summed E-state index contributed by atoms with van der Waals surface area (Å²) in [5, 5.41) is 9.69. The lowest BCUT2D eigenvalue weighted by Crippen LogP contribution is -2.29. The van der Waals surface area contributed by atoms with E-state index in [-0.39, 0.29) is 12.0 Å². The van der Waals surface area contributed by atoms with E-state index >= 15 is 0 Å². The first-order chi connectivity index (χ1) is 6.66. The molecule has 1 aromatic rings. The topological polar surface area (TPSA) is 66.3 Å². The summed E-state index contributed by atoms with van der Waals surface area (Å²) in [6.07, 6.45) is 0.275. The molecule has 1 atom stereocenters. The predicted octanol–water partition coefficient (Wildman–Crippen LogP) is 0.0533. The van der Waals surface area contributed by atoms with Crippen LogP contribution in [0, 0.1) is 6.92 Å². The number of aliphatic hydroxyl groups excluding tert-OH is 1. The molecule has 1 amide bonds. The Kier molecular flexibility index (Phi) is 2.47. The van der Waals surface area contributed by atoms with E-state index in [0.717, 1.165) is 11.5 Å². The van der Waals surface area contributed by atoms with Crippen LogP contribution in [-0.4, -0.2) is 44.5 Å². The van der Waals surface area contributed by atoms with Crippen LogP contribution in [-0.2, 0) is 0 Å². The van der Waals surface area contributed by atoms with Crippen LogP contribution in [0.15, 0.2) is 0 Å². The summed E-state index contributed by atoms with van der Waals surface area (Å²) in [7, 11) is 0. The summed E-state index contributed by atoms with van der Waals surface area (Å²) >= 11 is 1.11. The highest BCUT2D eigenvalue weighted by molar-refractivity contribution is 7.07. The zero-order chi connectivity index (χ0) is 10.1. The molecule has 0 saturated carbocycles. The summed E-state index contributed by atoms with van der Waals surface area (Å²) in [6.45, 7) is 2.78. The standard InChI is InChI=1S/C8H11N3O2S/c1-5-9-7(14-10-5)8(13)11-3-2-6(12)4-11/h6,12H,2-4H2,1H3/t6-/m0/s1. The average Bonchev–Trinajstić information content (AvgIpc) is 2.73. The minimum atomic E-state index is -0.382. The number of carbonyl (C=O) groups excluding carboxylic acids is 1. The predicted molar refractivity (Wildman–Crippen MR) is 51.2 cm³/mol. The number of rotatable bonds is 1. The van der Waals surface area contributed by atoms with Crippen molar-refractivity contribution in [1.82, 2.24) is 14.3 Å². The summed E-state index contributed by atoms with van der Waals surface area (Å²) in [4.78, 5) is 17.4. The maximum atomic E-state index is 11.7. The van der Waals surface area contributed by atoms with Gasteiger partial charge in [-0.05, 0) is 24.9 Å². The number of nitrogens with zero attached hydrogens (tertiary/aromatic N) is 3. The van der Waals surface area contributed by atoms with Gasteiger partial charge in [-0.1, -0.05) is 0 Å². The highest BCUT2D eigenvalue weighted by Crippen LogP contribution is 2.14. The van der Waals surface area contributed by atoms with Crippen molar-refractivity contribution < 1.29 is 9.90 Å². The van der Waals surface area contributed by atoms with Crippen LogP contribution in [0.2, 0.25) is 0 Å². The molecule has 0 aromatic carbocycles. The third kappa shape index (κ3) is 1.76. The minimum Gasteiger partial charge on any atom is -0.391 e. The monoisotopic (exact) mass is 213 g/mol. The van der Waals surface area contributed by atoms with E-state index in [4.69, 9.17) is 0 Å². The zero-order valence-corrected chi connectivity index (χ0v) is 8.62. The highest BCUT2D eigenvalue weighted by Gasteiger charge is 2.27. The lowest BCUT2D eigenvalue weighted by molar-refractivity contribution is 0.0764. The van der Waals surface area contributed by atoms with Gasteiger partial charge in [0.2, 0.25) is 5.01 Å². The Morgan fingerprint density at radius 2 is 2.50 bits per heavy atom. The molecule has 1 saturated heterocycles. The lowest BCUT2D eigenvalue weighted by Gasteiger charge is -2.12. The maximum Gasteiger partial charge on any atom is 0.284 e. The molecular formula is C8H11N3O2S. The molecule has 76 valence electrons. The van der Waals surface area contributed by atoms with Gasteiger partial charge in [-0.2, -0.15) is 4.37 Å². The van der Waals surface area contributed by atoms with Crippen molar-refractivity contribution in [3.8, 4) is 0 Å². The number of likely N-dealkylation sites (tertiary alicyclic amines) is 1. The third-order valence-electron chi connectivity index (χ3n) is 2.16. The maximum absolute atomic E-state index is 11.7. The van der Waals surface area contributed by atoms with Gasteiger partial charge < -0.3 is 10.0 Å². The molecule has 1 aliphatic heterocycles. The van der Waals surface area contributed by atoms with E-state index in [0.29, 0.717) is 30.3 Å². The SMILES string of the molecule is Cc1nsc(C(=O)N2CC[C@H](O)C2)n1. The first-order valence-electron chi connectivity index (χ1n) is 4.44. The van der Waals surface area contributed by atoms with Gasteiger partial charge in [-0.15, -0.1) is 0 Å². The Bertz CT molecular complexity index is 352. The van der Waals surface area contributed by atoms with Crippen molar-refractivity contribution in [3.05, 3.63) is 10.8 Å². The van der Waals surface area contributed by atoms with Crippen molar-refractivity contribution >= 4 is 17.4 Å². The molecule has 0 spiro atoms. The van der Waals surface area contributed by atoms with E-state index in [1.807, 2.05) is 0 Å². The van der Waals surface area contributed by atoms with Crippen molar-refractivity contribution in [2.45, 2.75) is 19.4 Å². The van der Waals surface area contributed by atoms with Crippen LogP contribution < -0.4 is 0 Å². The fraction of sp³-hybridized carbons (Fsp3) is 0.625. The molecule has 2 rings (SSSR count). The van der Waals surface area contributed by atoms with Gasteiger partial charge in [-0.25, -0.2) is 4.98 Å². The number of aliphatic hydroxyl groups is 1. The first-order valence-corrected chi connectivity index (χ1v) is 5.22. The first kappa shape index (κ1) is 9.54. The third-order valence-corrected chi connectivity index (χ3v) is 2.96. The largest absolute Gasteiger partial charge is 0.391 e. The van der Waals surface area contributed by atoms with Crippen molar-refractivity contribution in [2.75, 3.05) is 13.1 Å². The fourth-order valence-electron chi connectivity index (χ4n) is 1.45. The lowest BCUT2D eigenvalue weighted by atomic mass is 10.3. The van der Waals surface area contributed by atoms with Crippen LogP contribution in [0.25, 0.3) is 0 Å². The van der Waals surface area contributed by atoms with Gasteiger partial charge in [0.1, 0.15) is 5.82 Å². The molecule has 0 aliphatic carbocycles. The van der Waals surface area contributed by atoms with E-state index in [1.165, 1.54) is 0 Å². The number of aryl methyl sites for hydroxylation is 1. The number of carbonyl (C=O) groups is 1. The molecule has 0 unspecified atom stereocenters. The average molecular weight is 213 g/mol.